The van der Waals surface area contributed by atoms with Gasteiger partial charge in [-0.1, -0.05) is 12.1 Å². The van der Waals surface area contributed by atoms with Crippen LogP contribution in [-0.2, 0) is 5.54 Å². The molecule has 1 heterocycles. The van der Waals surface area contributed by atoms with E-state index in [1.54, 1.807) is 10.9 Å². The van der Waals surface area contributed by atoms with Gasteiger partial charge in [-0.2, -0.15) is 31.4 Å². The molecule has 1 aromatic heterocycles. The molecule has 1 fully saturated rings. The number of benzene rings is 1. The fraction of sp³-hybridized carbons (Fsp3) is 0.500. The molecule has 170 valence electrons. The van der Waals surface area contributed by atoms with E-state index in [0.717, 1.165) is 25.0 Å². The van der Waals surface area contributed by atoms with Crippen molar-refractivity contribution in [3.63, 3.8) is 0 Å². The summed E-state index contributed by atoms with van der Waals surface area (Å²) in [6.45, 7) is -0.242. The number of Topliss-reactive ketones (excluding diaryl/α,β-unsaturated/α-hetero) is 1. The Balaban J connectivity index is 1.69. The minimum Gasteiger partial charge on any atom is -0.494 e. The lowest BCUT2D eigenvalue weighted by Gasteiger charge is -2.31. The average Bonchev–Trinajstić information content (AvgIpc) is 3.40. The van der Waals surface area contributed by atoms with Gasteiger partial charge in [-0.15, -0.1) is 0 Å². The molecule has 1 atom stereocenters. The number of carbonyl (C=O) groups excluding carboxylic acids is 1. The molecule has 2 N–H and O–H groups in total. The summed E-state index contributed by atoms with van der Waals surface area (Å²) in [5.74, 6) is -0.739. The van der Waals surface area contributed by atoms with Gasteiger partial charge in [-0.3, -0.25) is 9.48 Å². The van der Waals surface area contributed by atoms with Gasteiger partial charge < -0.3 is 10.5 Å². The molecule has 0 aliphatic heterocycles. The second-order valence-electron chi connectivity index (χ2n) is 7.57. The number of carbonyl (C=O) groups is 1. The quantitative estimate of drug-likeness (QED) is 0.335. The third kappa shape index (κ3) is 5.78. The molecule has 0 amide bonds. The SMILES string of the molecule is NC(CC(=O)c1ccn(C2CC2)n1)(c1ccc(OCCCC(F)(F)F)cc1)C(F)(F)F. The molecule has 0 bridgehead atoms. The van der Waals surface area contributed by atoms with Gasteiger partial charge in [-0.25, -0.2) is 0 Å². The van der Waals surface area contributed by atoms with E-state index in [1.165, 1.54) is 18.2 Å². The second kappa shape index (κ2) is 8.52. The smallest absolute Gasteiger partial charge is 0.411 e. The zero-order valence-corrected chi connectivity index (χ0v) is 16.3. The van der Waals surface area contributed by atoms with E-state index in [0.29, 0.717) is 0 Å². The van der Waals surface area contributed by atoms with Crippen LogP contribution in [0.3, 0.4) is 0 Å². The second-order valence-corrected chi connectivity index (χ2v) is 7.57. The fourth-order valence-corrected chi connectivity index (χ4v) is 3.05. The van der Waals surface area contributed by atoms with Crippen molar-refractivity contribution in [2.75, 3.05) is 6.61 Å². The normalized spacial score (nSPS) is 16.7. The lowest BCUT2D eigenvalue weighted by Crippen LogP contribution is -2.51. The largest absolute Gasteiger partial charge is 0.494 e. The van der Waals surface area contributed by atoms with Crippen LogP contribution in [0.5, 0.6) is 5.75 Å². The number of nitrogens with zero attached hydrogens (tertiary/aromatic N) is 2. The highest BCUT2D eigenvalue weighted by atomic mass is 19.4. The van der Waals surface area contributed by atoms with Crippen LogP contribution in [0.2, 0.25) is 0 Å². The Morgan fingerprint density at radius 3 is 2.29 bits per heavy atom. The molecule has 0 saturated heterocycles. The minimum absolute atomic E-state index is 0.0874. The Bertz CT molecular complexity index is 903. The maximum Gasteiger partial charge on any atom is 0.411 e. The van der Waals surface area contributed by atoms with Crippen molar-refractivity contribution in [1.82, 2.24) is 9.78 Å². The molecule has 1 aromatic carbocycles. The summed E-state index contributed by atoms with van der Waals surface area (Å²) in [6.07, 6.45) is -8.21. The molecule has 1 aliphatic rings. The molecule has 0 spiro atoms. The monoisotopic (exact) mass is 449 g/mol. The first-order valence-electron chi connectivity index (χ1n) is 9.63. The number of rotatable bonds is 9. The van der Waals surface area contributed by atoms with E-state index in [4.69, 9.17) is 10.5 Å². The summed E-state index contributed by atoms with van der Waals surface area (Å²) in [6, 6.07) is 6.03. The molecule has 5 nitrogen and oxygen atoms in total. The third-order valence-electron chi connectivity index (χ3n) is 5.00. The topological polar surface area (TPSA) is 70.1 Å². The Morgan fingerprint density at radius 1 is 1.10 bits per heavy atom. The van der Waals surface area contributed by atoms with E-state index < -0.39 is 36.5 Å². The lowest BCUT2D eigenvalue weighted by atomic mass is 9.84. The first-order valence-corrected chi connectivity index (χ1v) is 9.63. The van der Waals surface area contributed by atoms with E-state index in [1.807, 2.05) is 0 Å². The maximum absolute atomic E-state index is 13.8. The predicted octanol–water partition coefficient (Wildman–Crippen LogP) is 4.93. The highest BCUT2D eigenvalue weighted by molar-refractivity contribution is 5.95. The maximum atomic E-state index is 13.8. The van der Waals surface area contributed by atoms with Gasteiger partial charge in [0.15, 0.2) is 5.78 Å². The molecular weight excluding hydrogens is 428 g/mol. The zero-order valence-electron chi connectivity index (χ0n) is 16.3. The average molecular weight is 449 g/mol. The minimum atomic E-state index is -4.93. The van der Waals surface area contributed by atoms with Crippen LogP contribution in [0, 0.1) is 0 Å². The molecule has 1 unspecified atom stereocenters. The Hall–Kier alpha value is -2.56. The zero-order chi connectivity index (χ0) is 22.9. The van der Waals surface area contributed by atoms with Crippen LogP contribution >= 0.6 is 0 Å². The van der Waals surface area contributed by atoms with Crippen molar-refractivity contribution in [1.29, 1.82) is 0 Å². The molecule has 2 aromatic rings. The van der Waals surface area contributed by atoms with Crippen LogP contribution < -0.4 is 10.5 Å². The summed E-state index contributed by atoms with van der Waals surface area (Å²) >= 11 is 0. The number of ether oxygens (including phenoxy) is 1. The number of ketones is 1. The van der Waals surface area contributed by atoms with Gasteiger partial charge in [0.25, 0.3) is 0 Å². The molecule has 3 rings (SSSR count). The van der Waals surface area contributed by atoms with E-state index in [9.17, 15) is 31.1 Å². The van der Waals surface area contributed by atoms with E-state index >= 15 is 0 Å². The van der Waals surface area contributed by atoms with Gasteiger partial charge in [0.05, 0.1) is 12.6 Å². The van der Waals surface area contributed by atoms with E-state index in [2.05, 4.69) is 5.10 Å². The van der Waals surface area contributed by atoms with Crippen molar-refractivity contribution in [3.8, 4) is 5.75 Å². The van der Waals surface area contributed by atoms with Gasteiger partial charge >= 0.3 is 12.4 Å². The number of halogens is 6. The standard InChI is InChI=1S/C20H21F6N3O2/c21-19(22,23)9-1-11-31-15-6-2-13(3-7-15)18(27,20(24,25)26)12-17(30)16-8-10-29(28-16)14-4-5-14/h2-3,6-8,10,14H,1,4-5,9,11-12,27H2. The number of hydrogen-bond acceptors (Lipinski definition) is 4. The highest BCUT2D eigenvalue weighted by Gasteiger charge is 2.54. The highest BCUT2D eigenvalue weighted by Crippen LogP contribution is 2.41. The molecule has 1 saturated carbocycles. The van der Waals surface area contributed by atoms with Crippen molar-refractivity contribution in [2.45, 2.75) is 56.0 Å². The number of hydrogen-bond donors (Lipinski definition) is 1. The van der Waals surface area contributed by atoms with Gasteiger partial charge in [0, 0.05) is 19.0 Å². The molecule has 11 heteroatoms. The van der Waals surface area contributed by atoms with E-state index in [-0.39, 0.29) is 36.1 Å². The van der Waals surface area contributed by atoms with Gasteiger partial charge in [0.1, 0.15) is 17.0 Å². The van der Waals surface area contributed by atoms with Gasteiger partial charge in [-0.05, 0) is 43.0 Å². The van der Waals surface area contributed by atoms with Crippen molar-refractivity contribution < 1.29 is 35.9 Å². The number of nitrogens with two attached hydrogens (primary N) is 1. The first kappa shape index (κ1) is 23.1. The van der Waals surface area contributed by atoms with Crippen molar-refractivity contribution in [3.05, 3.63) is 47.8 Å². The molecule has 0 radical (unpaired) electrons. The molecular formula is C20H21F6N3O2. The number of alkyl halides is 6. The third-order valence-corrected chi connectivity index (χ3v) is 5.00. The predicted molar refractivity (Wildman–Crippen MR) is 98.6 cm³/mol. The fourth-order valence-electron chi connectivity index (χ4n) is 3.05. The first-order chi connectivity index (χ1) is 14.4. The van der Waals surface area contributed by atoms with Crippen LogP contribution in [0.1, 0.15) is 54.2 Å². The summed E-state index contributed by atoms with van der Waals surface area (Å²) in [5.41, 5.74) is 2.28. The number of aromatic nitrogens is 2. The van der Waals surface area contributed by atoms with Crippen molar-refractivity contribution >= 4 is 5.78 Å². The van der Waals surface area contributed by atoms with Crippen LogP contribution in [-0.4, -0.2) is 34.5 Å². The summed E-state index contributed by atoms with van der Waals surface area (Å²) < 4.78 is 84.6. The lowest BCUT2D eigenvalue weighted by molar-refractivity contribution is -0.188. The molecule has 31 heavy (non-hydrogen) atoms. The van der Waals surface area contributed by atoms with Crippen LogP contribution in [0.15, 0.2) is 36.5 Å². The summed E-state index contributed by atoms with van der Waals surface area (Å²) in [5, 5.41) is 4.05. The Labute approximate surface area is 174 Å². The summed E-state index contributed by atoms with van der Waals surface area (Å²) in [4.78, 5) is 12.5. The van der Waals surface area contributed by atoms with Gasteiger partial charge in [0.2, 0.25) is 0 Å². The van der Waals surface area contributed by atoms with Crippen molar-refractivity contribution in [2.24, 2.45) is 5.73 Å². The Kier molecular flexibility index (Phi) is 6.35. The van der Waals surface area contributed by atoms with Crippen LogP contribution in [0.25, 0.3) is 0 Å². The van der Waals surface area contributed by atoms with Crippen LogP contribution in [0.4, 0.5) is 26.3 Å². The Morgan fingerprint density at radius 2 is 1.74 bits per heavy atom. The molecule has 1 aliphatic carbocycles. The summed E-state index contributed by atoms with van der Waals surface area (Å²) in [7, 11) is 0.